The number of phenolic OH excluding ortho intramolecular Hbond substituents is 1. The second-order valence-corrected chi connectivity index (χ2v) is 4.83. The van der Waals surface area contributed by atoms with Gasteiger partial charge in [0.2, 0.25) is 6.41 Å². The second kappa shape index (κ2) is 8.89. The van der Waals surface area contributed by atoms with E-state index in [0.717, 1.165) is 13.0 Å². The third kappa shape index (κ3) is 4.63. The molecule has 1 aliphatic rings. The normalized spacial score (nSPS) is 16.5. The van der Waals surface area contributed by atoms with Crippen molar-refractivity contribution in [2.75, 3.05) is 26.7 Å². The summed E-state index contributed by atoms with van der Waals surface area (Å²) in [4.78, 5) is 23.1. The molecule has 2 rings (SSSR count). The van der Waals surface area contributed by atoms with E-state index in [4.69, 9.17) is 10.5 Å². The van der Waals surface area contributed by atoms with Crippen molar-refractivity contribution < 1.29 is 19.4 Å². The highest BCUT2D eigenvalue weighted by atomic mass is 16.5. The minimum atomic E-state index is -0.200. The SMILES string of the molecule is CCNC=O.COc1cccc(C(=O)N2CCC(N)C2)c1O. The lowest BCUT2D eigenvalue weighted by molar-refractivity contribution is -0.109. The summed E-state index contributed by atoms with van der Waals surface area (Å²) in [6.07, 6.45) is 1.48. The summed E-state index contributed by atoms with van der Waals surface area (Å²) < 4.78 is 4.97. The zero-order valence-electron chi connectivity index (χ0n) is 12.9. The molecule has 1 unspecified atom stereocenters. The largest absolute Gasteiger partial charge is 0.504 e. The van der Waals surface area contributed by atoms with Crippen LogP contribution in [0.3, 0.4) is 0 Å². The summed E-state index contributed by atoms with van der Waals surface area (Å²) >= 11 is 0. The maximum atomic E-state index is 12.1. The first kappa shape index (κ1) is 17.8. The summed E-state index contributed by atoms with van der Waals surface area (Å²) in [6.45, 7) is 3.77. The van der Waals surface area contributed by atoms with E-state index < -0.39 is 0 Å². The van der Waals surface area contributed by atoms with Gasteiger partial charge in [0.15, 0.2) is 11.5 Å². The molecule has 1 fully saturated rings. The number of aromatic hydroxyl groups is 1. The Morgan fingerprint density at radius 1 is 1.59 bits per heavy atom. The molecule has 0 saturated carbocycles. The average molecular weight is 309 g/mol. The van der Waals surface area contributed by atoms with Crippen LogP contribution in [0, 0.1) is 0 Å². The number of hydrogen-bond donors (Lipinski definition) is 3. The first-order chi connectivity index (χ1) is 10.5. The summed E-state index contributed by atoms with van der Waals surface area (Å²) in [6, 6.07) is 4.92. The lowest BCUT2D eigenvalue weighted by Gasteiger charge is -2.17. The van der Waals surface area contributed by atoms with E-state index in [1.54, 1.807) is 23.1 Å². The van der Waals surface area contributed by atoms with Crippen molar-refractivity contribution in [1.82, 2.24) is 10.2 Å². The van der Waals surface area contributed by atoms with E-state index in [-0.39, 0.29) is 23.3 Å². The molecule has 0 radical (unpaired) electrons. The number of benzene rings is 1. The van der Waals surface area contributed by atoms with Crippen molar-refractivity contribution in [3.63, 3.8) is 0 Å². The van der Waals surface area contributed by atoms with E-state index in [1.807, 2.05) is 6.92 Å². The van der Waals surface area contributed by atoms with Crippen molar-refractivity contribution in [3.05, 3.63) is 23.8 Å². The van der Waals surface area contributed by atoms with Gasteiger partial charge in [-0.25, -0.2) is 0 Å². The van der Waals surface area contributed by atoms with Crippen molar-refractivity contribution in [1.29, 1.82) is 0 Å². The number of nitrogens with zero attached hydrogens (tertiary/aromatic N) is 1. The van der Waals surface area contributed by atoms with Crippen LogP contribution in [-0.2, 0) is 4.79 Å². The first-order valence-electron chi connectivity index (χ1n) is 7.13. The van der Waals surface area contributed by atoms with Gasteiger partial charge in [-0.05, 0) is 25.5 Å². The minimum absolute atomic E-state index is 0.0340. The molecule has 122 valence electrons. The number of phenols is 1. The van der Waals surface area contributed by atoms with E-state index in [1.165, 1.54) is 7.11 Å². The number of likely N-dealkylation sites (tertiary alicyclic amines) is 1. The molecule has 1 aromatic rings. The molecule has 1 saturated heterocycles. The molecule has 1 atom stereocenters. The molecular weight excluding hydrogens is 286 g/mol. The number of nitrogens with two attached hydrogens (primary N) is 1. The molecule has 1 aliphatic heterocycles. The van der Waals surface area contributed by atoms with Gasteiger partial charge in [0.25, 0.3) is 5.91 Å². The number of rotatable bonds is 4. The number of carbonyl (C=O) groups excluding carboxylic acids is 2. The number of ether oxygens (including phenoxy) is 1. The van der Waals surface area contributed by atoms with Crippen LogP contribution in [-0.4, -0.2) is 55.1 Å². The van der Waals surface area contributed by atoms with Gasteiger partial charge in [0.05, 0.1) is 12.7 Å². The Bertz CT molecular complexity index is 508. The predicted octanol–water partition coefficient (Wildman–Crippen LogP) is 0.326. The van der Waals surface area contributed by atoms with Gasteiger partial charge >= 0.3 is 0 Å². The summed E-state index contributed by atoms with van der Waals surface area (Å²) in [5.41, 5.74) is 6.02. The molecule has 4 N–H and O–H groups in total. The molecule has 0 aromatic heterocycles. The summed E-state index contributed by atoms with van der Waals surface area (Å²) in [7, 11) is 1.45. The van der Waals surface area contributed by atoms with Crippen LogP contribution >= 0.6 is 0 Å². The predicted molar refractivity (Wildman–Crippen MR) is 82.9 cm³/mol. The van der Waals surface area contributed by atoms with Crippen LogP contribution in [0.25, 0.3) is 0 Å². The quantitative estimate of drug-likeness (QED) is 0.695. The Morgan fingerprint density at radius 2 is 2.32 bits per heavy atom. The van der Waals surface area contributed by atoms with Crippen LogP contribution in [0.2, 0.25) is 0 Å². The van der Waals surface area contributed by atoms with Crippen LogP contribution in [0.4, 0.5) is 0 Å². The molecule has 0 aliphatic carbocycles. The lowest BCUT2D eigenvalue weighted by Crippen LogP contribution is -2.31. The summed E-state index contributed by atoms with van der Waals surface area (Å²) in [5.74, 6) is -0.00540. The van der Waals surface area contributed by atoms with Crippen LogP contribution in [0.5, 0.6) is 11.5 Å². The van der Waals surface area contributed by atoms with Crippen molar-refractivity contribution in [2.45, 2.75) is 19.4 Å². The van der Waals surface area contributed by atoms with Gasteiger partial charge in [-0.1, -0.05) is 6.07 Å². The van der Waals surface area contributed by atoms with Crippen molar-refractivity contribution in [2.24, 2.45) is 5.73 Å². The Labute approximate surface area is 130 Å². The van der Waals surface area contributed by atoms with E-state index in [9.17, 15) is 14.7 Å². The number of methoxy groups -OCH3 is 1. The second-order valence-electron chi connectivity index (χ2n) is 4.83. The van der Waals surface area contributed by atoms with Crippen molar-refractivity contribution >= 4 is 12.3 Å². The number of nitrogens with one attached hydrogen (secondary N) is 1. The number of amides is 2. The Hall–Kier alpha value is -2.28. The minimum Gasteiger partial charge on any atom is -0.504 e. The highest BCUT2D eigenvalue weighted by molar-refractivity contribution is 5.97. The first-order valence-corrected chi connectivity index (χ1v) is 7.13. The molecular formula is C15H23N3O4. The highest BCUT2D eigenvalue weighted by Gasteiger charge is 2.26. The molecule has 2 amide bonds. The van der Waals surface area contributed by atoms with Gasteiger partial charge in [0.1, 0.15) is 0 Å². The zero-order valence-corrected chi connectivity index (χ0v) is 12.9. The van der Waals surface area contributed by atoms with Gasteiger partial charge in [0, 0.05) is 25.7 Å². The maximum Gasteiger partial charge on any atom is 0.257 e. The molecule has 0 spiro atoms. The topological polar surface area (TPSA) is 105 Å². The molecule has 1 heterocycles. The van der Waals surface area contributed by atoms with Crippen molar-refractivity contribution in [3.8, 4) is 11.5 Å². The zero-order chi connectivity index (χ0) is 16.5. The van der Waals surface area contributed by atoms with Gasteiger partial charge in [-0.3, -0.25) is 9.59 Å². The highest BCUT2D eigenvalue weighted by Crippen LogP contribution is 2.30. The Morgan fingerprint density at radius 3 is 2.77 bits per heavy atom. The Kier molecular flexibility index (Phi) is 7.18. The number of carbonyl (C=O) groups is 2. The Balaban J connectivity index is 0.000000422. The maximum absolute atomic E-state index is 12.1. The summed E-state index contributed by atoms with van der Waals surface area (Å²) in [5, 5.41) is 12.3. The number of hydrogen-bond acceptors (Lipinski definition) is 5. The third-order valence-electron chi connectivity index (χ3n) is 3.25. The van der Waals surface area contributed by atoms with Crippen LogP contribution < -0.4 is 15.8 Å². The van der Waals surface area contributed by atoms with E-state index in [2.05, 4.69) is 5.32 Å². The molecule has 22 heavy (non-hydrogen) atoms. The molecule has 7 nitrogen and oxygen atoms in total. The standard InChI is InChI=1S/C12H16N2O3.C3H7NO/c1-17-10-4-2-3-9(11(10)15)12(16)14-6-5-8(13)7-14;1-2-4-3-5/h2-4,8,15H,5-7,13H2,1H3;3H,2H2,1H3,(H,4,5). The smallest absolute Gasteiger partial charge is 0.257 e. The third-order valence-corrected chi connectivity index (χ3v) is 3.25. The molecule has 0 bridgehead atoms. The van der Waals surface area contributed by atoms with Crippen LogP contribution in [0.1, 0.15) is 23.7 Å². The van der Waals surface area contributed by atoms with Gasteiger partial charge < -0.3 is 25.8 Å². The van der Waals surface area contributed by atoms with E-state index in [0.29, 0.717) is 25.2 Å². The monoisotopic (exact) mass is 309 g/mol. The molecule has 1 aromatic carbocycles. The fraction of sp³-hybridized carbons (Fsp3) is 0.467. The van der Waals surface area contributed by atoms with Crippen LogP contribution in [0.15, 0.2) is 18.2 Å². The van der Waals surface area contributed by atoms with E-state index >= 15 is 0 Å². The molecule has 7 heteroatoms. The number of para-hydroxylation sites is 1. The van der Waals surface area contributed by atoms with Gasteiger partial charge in [-0.2, -0.15) is 0 Å². The van der Waals surface area contributed by atoms with Gasteiger partial charge in [-0.15, -0.1) is 0 Å². The average Bonchev–Trinajstić information content (AvgIpc) is 2.95. The lowest BCUT2D eigenvalue weighted by atomic mass is 10.1. The fourth-order valence-corrected chi connectivity index (χ4v) is 2.09. The fourth-order valence-electron chi connectivity index (χ4n) is 2.09.